The second-order valence-electron chi connectivity index (χ2n) is 5.28. The molecular weight excluding hydrogens is 294 g/mol. The standard InChI is InChI=1S/C12H21N5O3S/c1-8-12(9(2)16-15-8)21(19,20)17(7-11(13)18)10-4-3-5-14-6-10/h10,14H,3-7H2,1-2H3,(H2,13,18)(H,15,16). The van der Waals surface area contributed by atoms with Crippen LogP contribution < -0.4 is 11.1 Å². The molecule has 1 atom stereocenters. The van der Waals surface area contributed by atoms with Gasteiger partial charge in [-0.05, 0) is 33.2 Å². The van der Waals surface area contributed by atoms with Gasteiger partial charge in [-0.1, -0.05) is 0 Å². The number of aryl methyl sites for hydroxylation is 2. The first kappa shape index (κ1) is 15.9. The van der Waals surface area contributed by atoms with Gasteiger partial charge in [0.25, 0.3) is 0 Å². The first-order valence-electron chi connectivity index (χ1n) is 6.86. The Morgan fingerprint density at radius 2 is 2.19 bits per heavy atom. The van der Waals surface area contributed by atoms with Crippen LogP contribution in [0.5, 0.6) is 0 Å². The highest BCUT2D eigenvalue weighted by molar-refractivity contribution is 7.89. The molecule has 0 bridgehead atoms. The lowest BCUT2D eigenvalue weighted by molar-refractivity contribution is -0.118. The summed E-state index contributed by atoms with van der Waals surface area (Å²) in [6.45, 7) is 4.32. The minimum atomic E-state index is -3.82. The second kappa shape index (κ2) is 6.12. The van der Waals surface area contributed by atoms with Gasteiger partial charge in [-0.25, -0.2) is 8.42 Å². The van der Waals surface area contributed by atoms with Gasteiger partial charge < -0.3 is 11.1 Å². The van der Waals surface area contributed by atoms with Crippen LogP contribution >= 0.6 is 0 Å². The van der Waals surface area contributed by atoms with E-state index in [2.05, 4.69) is 15.5 Å². The van der Waals surface area contributed by atoms with Crippen LogP contribution in [0.15, 0.2) is 4.90 Å². The van der Waals surface area contributed by atoms with Gasteiger partial charge >= 0.3 is 0 Å². The molecule has 1 saturated heterocycles. The molecule has 118 valence electrons. The van der Waals surface area contributed by atoms with E-state index in [4.69, 9.17) is 5.73 Å². The van der Waals surface area contributed by atoms with Gasteiger partial charge in [-0.3, -0.25) is 9.89 Å². The summed E-state index contributed by atoms with van der Waals surface area (Å²) in [6.07, 6.45) is 1.56. The lowest BCUT2D eigenvalue weighted by Crippen LogP contribution is -2.51. The van der Waals surface area contributed by atoms with Crippen molar-refractivity contribution in [3.8, 4) is 0 Å². The number of carbonyl (C=O) groups is 1. The third kappa shape index (κ3) is 3.25. The number of H-pyrrole nitrogens is 1. The molecule has 9 heteroatoms. The predicted octanol–water partition coefficient (Wildman–Crippen LogP) is -0.745. The molecule has 4 N–H and O–H groups in total. The molecule has 1 unspecified atom stereocenters. The highest BCUT2D eigenvalue weighted by Gasteiger charge is 2.36. The number of piperidine rings is 1. The number of hydrogen-bond donors (Lipinski definition) is 3. The normalized spacial score (nSPS) is 19.9. The Morgan fingerprint density at radius 3 is 2.67 bits per heavy atom. The summed E-state index contributed by atoms with van der Waals surface area (Å²) < 4.78 is 27.0. The van der Waals surface area contributed by atoms with Gasteiger partial charge in [0.15, 0.2) is 0 Å². The van der Waals surface area contributed by atoms with Gasteiger partial charge in [-0.2, -0.15) is 9.40 Å². The zero-order chi connectivity index (χ0) is 15.6. The lowest BCUT2D eigenvalue weighted by atomic mass is 10.1. The first-order chi connectivity index (χ1) is 9.84. The number of hydrogen-bond acceptors (Lipinski definition) is 5. The van der Waals surface area contributed by atoms with E-state index in [1.165, 1.54) is 4.31 Å². The number of sulfonamides is 1. The molecule has 2 rings (SSSR count). The van der Waals surface area contributed by atoms with E-state index in [1.807, 2.05) is 0 Å². The Bertz CT molecular complexity index is 599. The Kier molecular flexibility index (Phi) is 4.64. The van der Waals surface area contributed by atoms with Crippen molar-refractivity contribution in [3.63, 3.8) is 0 Å². The van der Waals surface area contributed by atoms with Crippen LogP contribution in [0.4, 0.5) is 0 Å². The minimum absolute atomic E-state index is 0.134. The van der Waals surface area contributed by atoms with Gasteiger partial charge in [0, 0.05) is 12.6 Å². The fraction of sp³-hybridized carbons (Fsp3) is 0.667. The van der Waals surface area contributed by atoms with Gasteiger partial charge in [0.05, 0.1) is 17.9 Å². The number of nitrogens with zero attached hydrogens (tertiary/aromatic N) is 2. The molecule has 0 spiro atoms. The van der Waals surface area contributed by atoms with Crippen molar-refractivity contribution in [2.24, 2.45) is 5.73 Å². The third-order valence-electron chi connectivity index (χ3n) is 3.62. The molecule has 0 saturated carbocycles. The van der Waals surface area contributed by atoms with Crippen molar-refractivity contribution in [1.82, 2.24) is 19.8 Å². The lowest BCUT2D eigenvalue weighted by Gasteiger charge is -2.33. The maximum Gasteiger partial charge on any atom is 0.247 e. The summed E-state index contributed by atoms with van der Waals surface area (Å²) in [5.41, 5.74) is 6.10. The Labute approximate surface area is 124 Å². The molecule has 21 heavy (non-hydrogen) atoms. The average molecular weight is 315 g/mol. The predicted molar refractivity (Wildman–Crippen MR) is 77.0 cm³/mol. The van der Waals surface area contributed by atoms with Crippen LogP contribution in [-0.4, -0.2) is 54.5 Å². The first-order valence-corrected chi connectivity index (χ1v) is 8.30. The zero-order valence-corrected chi connectivity index (χ0v) is 13.0. The molecule has 0 aromatic carbocycles. The van der Waals surface area contributed by atoms with Crippen molar-refractivity contribution in [1.29, 1.82) is 0 Å². The molecule has 0 radical (unpaired) electrons. The summed E-state index contributed by atoms with van der Waals surface area (Å²) in [7, 11) is -3.82. The van der Waals surface area contributed by atoms with Gasteiger partial charge in [0.1, 0.15) is 4.90 Å². The Morgan fingerprint density at radius 1 is 1.48 bits per heavy atom. The minimum Gasteiger partial charge on any atom is -0.369 e. The summed E-state index contributed by atoms with van der Waals surface area (Å²) in [5, 5.41) is 9.75. The summed E-state index contributed by atoms with van der Waals surface area (Å²) in [6, 6.07) is -0.273. The summed E-state index contributed by atoms with van der Waals surface area (Å²) >= 11 is 0. The molecular formula is C12H21N5O3S. The van der Waals surface area contributed by atoms with Crippen molar-refractivity contribution in [2.45, 2.75) is 37.6 Å². The number of primary amides is 1. The van der Waals surface area contributed by atoms with Crippen LogP contribution in [0.25, 0.3) is 0 Å². The second-order valence-corrected chi connectivity index (χ2v) is 7.11. The zero-order valence-electron chi connectivity index (χ0n) is 12.2. The maximum atomic E-state index is 12.9. The van der Waals surface area contributed by atoms with Gasteiger partial charge in [-0.15, -0.1) is 0 Å². The van der Waals surface area contributed by atoms with Crippen molar-refractivity contribution >= 4 is 15.9 Å². The van der Waals surface area contributed by atoms with E-state index in [-0.39, 0.29) is 17.5 Å². The summed E-state index contributed by atoms with van der Waals surface area (Å²) in [5.74, 6) is -0.664. The van der Waals surface area contributed by atoms with Crippen LogP contribution in [0.1, 0.15) is 24.2 Å². The molecule has 1 aliphatic rings. The molecule has 1 aromatic heterocycles. The van der Waals surface area contributed by atoms with Crippen LogP contribution in [-0.2, 0) is 14.8 Å². The van der Waals surface area contributed by atoms with Crippen LogP contribution in [0.2, 0.25) is 0 Å². The maximum absolute atomic E-state index is 12.9. The van der Waals surface area contributed by atoms with Crippen LogP contribution in [0, 0.1) is 13.8 Å². The Balaban J connectivity index is 2.41. The fourth-order valence-corrected chi connectivity index (χ4v) is 4.64. The molecule has 1 aromatic rings. The van der Waals surface area contributed by atoms with Crippen molar-refractivity contribution < 1.29 is 13.2 Å². The molecule has 1 fully saturated rings. The topological polar surface area (TPSA) is 121 Å². The van der Waals surface area contributed by atoms with Gasteiger partial charge in [0.2, 0.25) is 15.9 Å². The van der Waals surface area contributed by atoms with E-state index >= 15 is 0 Å². The number of rotatable bonds is 5. The average Bonchev–Trinajstić information content (AvgIpc) is 2.76. The van der Waals surface area contributed by atoms with E-state index in [9.17, 15) is 13.2 Å². The molecule has 1 aliphatic heterocycles. The largest absolute Gasteiger partial charge is 0.369 e. The fourth-order valence-electron chi connectivity index (χ4n) is 2.68. The quantitative estimate of drug-likeness (QED) is 0.660. The third-order valence-corrected chi connectivity index (χ3v) is 5.78. The van der Waals surface area contributed by atoms with Crippen molar-refractivity contribution in [3.05, 3.63) is 11.4 Å². The SMILES string of the molecule is Cc1n[nH]c(C)c1S(=O)(=O)N(CC(N)=O)C1CCCNC1. The van der Waals surface area contributed by atoms with E-state index < -0.39 is 15.9 Å². The van der Waals surface area contributed by atoms with E-state index in [1.54, 1.807) is 13.8 Å². The number of aromatic nitrogens is 2. The van der Waals surface area contributed by atoms with E-state index in [0.717, 1.165) is 13.0 Å². The number of amides is 1. The molecule has 8 nitrogen and oxygen atoms in total. The highest BCUT2D eigenvalue weighted by Crippen LogP contribution is 2.25. The Hall–Kier alpha value is -1.45. The molecule has 0 aliphatic carbocycles. The number of nitrogens with one attached hydrogen (secondary N) is 2. The summed E-state index contributed by atoms with van der Waals surface area (Å²) in [4.78, 5) is 11.4. The highest BCUT2D eigenvalue weighted by atomic mass is 32.2. The van der Waals surface area contributed by atoms with E-state index in [0.29, 0.717) is 24.4 Å². The van der Waals surface area contributed by atoms with Crippen LogP contribution in [0.3, 0.4) is 0 Å². The number of carbonyl (C=O) groups excluding carboxylic acids is 1. The monoisotopic (exact) mass is 315 g/mol. The smallest absolute Gasteiger partial charge is 0.247 e. The molecule has 1 amide bonds. The number of nitrogens with two attached hydrogens (primary N) is 1. The van der Waals surface area contributed by atoms with Crippen molar-refractivity contribution in [2.75, 3.05) is 19.6 Å². The molecule has 2 heterocycles. The number of aromatic amines is 1.